The van der Waals surface area contributed by atoms with E-state index in [-0.39, 0.29) is 0 Å². The monoisotopic (exact) mass is 360 g/mol. The quantitative estimate of drug-likeness (QED) is 0.768. The van der Waals surface area contributed by atoms with Gasteiger partial charge in [-0.05, 0) is 49.2 Å². The standard InChI is InChI=1S/C21H24N6/c1-16-5-3-7-18(13-16)23-21-24-20(15-22-25-21)27-11-9-26(10-12-27)19-8-4-6-17(2)14-19/h3-8,13-15H,9-12H2,1-2H3,(H,23,24,25). The smallest absolute Gasteiger partial charge is 0.249 e. The highest BCUT2D eigenvalue weighted by Crippen LogP contribution is 2.21. The molecule has 6 nitrogen and oxygen atoms in total. The van der Waals surface area contributed by atoms with Crippen LogP contribution in [0.3, 0.4) is 0 Å². The van der Waals surface area contributed by atoms with Gasteiger partial charge >= 0.3 is 0 Å². The predicted molar refractivity (Wildman–Crippen MR) is 110 cm³/mol. The van der Waals surface area contributed by atoms with E-state index in [1.807, 2.05) is 12.1 Å². The Bertz CT molecular complexity index is 918. The normalized spacial score (nSPS) is 14.3. The van der Waals surface area contributed by atoms with Gasteiger partial charge in [-0.2, -0.15) is 10.1 Å². The summed E-state index contributed by atoms with van der Waals surface area (Å²) in [4.78, 5) is 9.34. The summed E-state index contributed by atoms with van der Waals surface area (Å²) in [6.45, 7) is 7.96. The Morgan fingerprint density at radius 1 is 0.852 bits per heavy atom. The minimum Gasteiger partial charge on any atom is -0.368 e. The first-order valence-corrected chi connectivity index (χ1v) is 9.27. The Balaban J connectivity index is 1.42. The van der Waals surface area contributed by atoms with Crippen LogP contribution in [0.1, 0.15) is 11.1 Å². The molecule has 0 radical (unpaired) electrons. The van der Waals surface area contributed by atoms with Crippen molar-refractivity contribution in [1.82, 2.24) is 15.2 Å². The highest BCUT2D eigenvalue weighted by molar-refractivity contribution is 5.56. The number of anilines is 4. The lowest BCUT2D eigenvalue weighted by atomic mass is 10.2. The van der Waals surface area contributed by atoms with Gasteiger partial charge in [0.1, 0.15) is 0 Å². The van der Waals surface area contributed by atoms with Gasteiger partial charge in [0.15, 0.2) is 5.82 Å². The fourth-order valence-electron chi connectivity index (χ4n) is 3.37. The molecule has 27 heavy (non-hydrogen) atoms. The Morgan fingerprint density at radius 2 is 1.56 bits per heavy atom. The van der Waals surface area contributed by atoms with Crippen LogP contribution < -0.4 is 15.1 Å². The highest BCUT2D eigenvalue weighted by atomic mass is 15.3. The van der Waals surface area contributed by atoms with Crippen molar-refractivity contribution >= 4 is 23.1 Å². The molecule has 2 heterocycles. The SMILES string of the molecule is Cc1cccc(Nc2nncc(N3CCN(c4cccc(C)c4)CC3)n2)c1. The maximum Gasteiger partial charge on any atom is 0.249 e. The van der Waals surface area contributed by atoms with E-state index in [4.69, 9.17) is 0 Å². The molecule has 0 bridgehead atoms. The first-order chi connectivity index (χ1) is 13.2. The lowest BCUT2D eigenvalue weighted by molar-refractivity contribution is 0.644. The van der Waals surface area contributed by atoms with Crippen LogP contribution >= 0.6 is 0 Å². The number of hydrogen-bond acceptors (Lipinski definition) is 6. The summed E-state index contributed by atoms with van der Waals surface area (Å²) in [6, 6.07) is 16.8. The van der Waals surface area contributed by atoms with Crippen LogP contribution in [0.4, 0.5) is 23.1 Å². The lowest BCUT2D eigenvalue weighted by Gasteiger charge is -2.36. The molecule has 1 fully saturated rings. The molecule has 1 aromatic heterocycles. The second-order valence-electron chi connectivity index (χ2n) is 6.95. The van der Waals surface area contributed by atoms with Crippen molar-refractivity contribution in [2.75, 3.05) is 41.3 Å². The van der Waals surface area contributed by atoms with E-state index >= 15 is 0 Å². The van der Waals surface area contributed by atoms with Gasteiger partial charge in [-0.25, -0.2) is 0 Å². The molecule has 1 saturated heterocycles. The molecule has 2 aromatic carbocycles. The van der Waals surface area contributed by atoms with Gasteiger partial charge in [-0.1, -0.05) is 24.3 Å². The maximum atomic E-state index is 4.66. The van der Waals surface area contributed by atoms with Gasteiger partial charge in [-0.3, -0.25) is 0 Å². The molecular formula is C21H24N6. The van der Waals surface area contributed by atoms with E-state index in [1.165, 1.54) is 16.8 Å². The molecule has 0 spiro atoms. The number of hydrogen-bond donors (Lipinski definition) is 1. The van der Waals surface area contributed by atoms with Crippen molar-refractivity contribution in [2.45, 2.75) is 13.8 Å². The molecule has 3 aromatic rings. The van der Waals surface area contributed by atoms with E-state index in [0.717, 1.165) is 37.7 Å². The fraction of sp³-hybridized carbons (Fsp3) is 0.286. The number of nitrogens with one attached hydrogen (secondary N) is 1. The molecule has 0 amide bonds. The number of aryl methyl sites for hydroxylation is 2. The Kier molecular flexibility index (Phi) is 4.87. The molecule has 138 valence electrons. The lowest BCUT2D eigenvalue weighted by Crippen LogP contribution is -2.47. The first-order valence-electron chi connectivity index (χ1n) is 9.27. The third-order valence-corrected chi connectivity index (χ3v) is 4.79. The van der Waals surface area contributed by atoms with E-state index in [2.05, 4.69) is 80.5 Å². The first kappa shape index (κ1) is 17.3. The van der Waals surface area contributed by atoms with Crippen molar-refractivity contribution in [3.05, 3.63) is 65.9 Å². The second kappa shape index (κ2) is 7.61. The average Bonchev–Trinajstić information content (AvgIpc) is 2.68. The van der Waals surface area contributed by atoms with Crippen molar-refractivity contribution in [2.24, 2.45) is 0 Å². The molecule has 6 heteroatoms. The van der Waals surface area contributed by atoms with Crippen molar-refractivity contribution in [3.8, 4) is 0 Å². The summed E-state index contributed by atoms with van der Waals surface area (Å²) in [5, 5.41) is 11.5. The van der Waals surface area contributed by atoms with Crippen molar-refractivity contribution in [1.29, 1.82) is 0 Å². The molecule has 0 atom stereocenters. The van der Waals surface area contributed by atoms with Crippen LogP contribution in [0.15, 0.2) is 54.7 Å². The van der Waals surface area contributed by atoms with Gasteiger partial charge in [0.25, 0.3) is 0 Å². The summed E-state index contributed by atoms with van der Waals surface area (Å²) in [7, 11) is 0. The summed E-state index contributed by atoms with van der Waals surface area (Å²) in [5.41, 5.74) is 4.74. The molecule has 0 aliphatic carbocycles. The summed E-state index contributed by atoms with van der Waals surface area (Å²) >= 11 is 0. The van der Waals surface area contributed by atoms with Gasteiger partial charge in [0.05, 0.1) is 6.20 Å². The third-order valence-electron chi connectivity index (χ3n) is 4.79. The van der Waals surface area contributed by atoms with E-state index in [9.17, 15) is 0 Å². The molecule has 1 N–H and O–H groups in total. The average molecular weight is 360 g/mol. The summed E-state index contributed by atoms with van der Waals surface area (Å²) in [6.07, 6.45) is 1.74. The topological polar surface area (TPSA) is 57.2 Å². The maximum absolute atomic E-state index is 4.66. The zero-order valence-electron chi connectivity index (χ0n) is 15.8. The number of rotatable bonds is 4. The Hall–Kier alpha value is -3.15. The zero-order chi connectivity index (χ0) is 18.6. The summed E-state index contributed by atoms with van der Waals surface area (Å²) < 4.78 is 0. The van der Waals surface area contributed by atoms with E-state index in [0.29, 0.717) is 5.95 Å². The van der Waals surface area contributed by atoms with Gasteiger partial charge < -0.3 is 15.1 Å². The minimum absolute atomic E-state index is 0.527. The highest BCUT2D eigenvalue weighted by Gasteiger charge is 2.19. The minimum atomic E-state index is 0.527. The predicted octanol–water partition coefficient (Wildman–Crippen LogP) is 3.56. The van der Waals surface area contributed by atoms with Crippen LogP contribution in [-0.4, -0.2) is 41.4 Å². The molecule has 4 rings (SSSR count). The number of nitrogens with zero attached hydrogens (tertiary/aromatic N) is 5. The molecule has 0 saturated carbocycles. The zero-order valence-corrected chi connectivity index (χ0v) is 15.8. The number of piperazine rings is 1. The number of benzene rings is 2. The van der Waals surface area contributed by atoms with Crippen LogP contribution in [0, 0.1) is 13.8 Å². The molecule has 1 aliphatic rings. The van der Waals surface area contributed by atoms with E-state index < -0.39 is 0 Å². The third kappa shape index (κ3) is 4.16. The van der Waals surface area contributed by atoms with Gasteiger partial charge in [-0.15, -0.1) is 5.10 Å². The van der Waals surface area contributed by atoms with Crippen molar-refractivity contribution in [3.63, 3.8) is 0 Å². The van der Waals surface area contributed by atoms with Crippen LogP contribution in [0.5, 0.6) is 0 Å². The fourth-order valence-corrected chi connectivity index (χ4v) is 3.37. The molecule has 1 aliphatic heterocycles. The van der Waals surface area contributed by atoms with E-state index in [1.54, 1.807) is 6.20 Å². The van der Waals surface area contributed by atoms with Crippen LogP contribution in [0.2, 0.25) is 0 Å². The van der Waals surface area contributed by atoms with Gasteiger partial charge in [0.2, 0.25) is 5.95 Å². The summed E-state index contributed by atoms with van der Waals surface area (Å²) in [5.74, 6) is 1.39. The molecular weight excluding hydrogens is 336 g/mol. The Labute approximate surface area is 159 Å². The van der Waals surface area contributed by atoms with Gasteiger partial charge in [0, 0.05) is 37.6 Å². The Morgan fingerprint density at radius 3 is 2.30 bits per heavy atom. The number of aromatic nitrogens is 3. The van der Waals surface area contributed by atoms with Crippen LogP contribution in [-0.2, 0) is 0 Å². The largest absolute Gasteiger partial charge is 0.368 e. The van der Waals surface area contributed by atoms with Crippen molar-refractivity contribution < 1.29 is 0 Å². The second-order valence-corrected chi connectivity index (χ2v) is 6.95. The van der Waals surface area contributed by atoms with Crippen LogP contribution in [0.25, 0.3) is 0 Å². The molecule has 0 unspecified atom stereocenters.